The number of likely N-dealkylation sites (tertiary alicyclic amines) is 1. The van der Waals surface area contributed by atoms with Gasteiger partial charge in [-0.15, -0.1) is 0 Å². The number of ether oxygens (including phenoxy) is 1. The molecular weight excluding hydrogens is 378 g/mol. The zero-order chi connectivity index (χ0) is 20.8. The second kappa shape index (κ2) is 9.90. The normalized spacial score (nSPS) is 24.1. The van der Waals surface area contributed by atoms with Crippen molar-refractivity contribution in [3.05, 3.63) is 30.1 Å². The van der Waals surface area contributed by atoms with Crippen molar-refractivity contribution in [2.75, 3.05) is 26.2 Å². The predicted molar refractivity (Wildman–Crippen MR) is 115 cm³/mol. The van der Waals surface area contributed by atoms with E-state index >= 15 is 0 Å². The molecule has 2 amide bonds. The van der Waals surface area contributed by atoms with E-state index in [4.69, 9.17) is 4.74 Å². The van der Waals surface area contributed by atoms with Crippen LogP contribution in [0, 0.1) is 11.8 Å². The molecule has 1 atom stereocenters. The van der Waals surface area contributed by atoms with Crippen LogP contribution in [-0.2, 0) is 9.53 Å². The van der Waals surface area contributed by atoms with Crippen LogP contribution in [0.1, 0.15) is 74.6 Å². The van der Waals surface area contributed by atoms with Crippen molar-refractivity contribution in [2.45, 2.75) is 69.8 Å². The Morgan fingerprint density at radius 3 is 2.57 bits per heavy atom. The van der Waals surface area contributed by atoms with E-state index in [0.717, 1.165) is 58.2 Å². The molecule has 0 bridgehead atoms. The Bertz CT molecular complexity index is 710. The Hall–Kier alpha value is -1.95. The quantitative estimate of drug-likeness (QED) is 0.774. The fourth-order valence-electron chi connectivity index (χ4n) is 5.47. The molecule has 1 N–H and O–H groups in total. The average Bonchev–Trinajstić information content (AvgIpc) is 3.28. The Morgan fingerprint density at radius 1 is 1.10 bits per heavy atom. The molecule has 3 aliphatic rings. The number of carbonyl (C=O) groups is 2. The molecule has 6 nitrogen and oxygen atoms in total. The van der Waals surface area contributed by atoms with Crippen molar-refractivity contribution in [3.8, 4) is 0 Å². The Kier molecular flexibility index (Phi) is 7.03. The van der Waals surface area contributed by atoms with Gasteiger partial charge in [-0.1, -0.05) is 12.8 Å². The molecule has 3 fully saturated rings. The smallest absolute Gasteiger partial charge is 0.251 e. The van der Waals surface area contributed by atoms with Gasteiger partial charge in [0.25, 0.3) is 5.91 Å². The molecule has 0 aromatic carbocycles. The van der Waals surface area contributed by atoms with E-state index in [0.29, 0.717) is 29.9 Å². The third-order valence-electron chi connectivity index (χ3n) is 7.34. The number of hydrogen-bond acceptors (Lipinski definition) is 4. The van der Waals surface area contributed by atoms with Gasteiger partial charge in [0, 0.05) is 50.6 Å². The van der Waals surface area contributed by atoms with Crippen molar-refractivity contribution in [1.82, 2.24) is 15.2 Å². The van der Waals surface area contributed by atoms with Crippen LogP contribution in [0.2, 0.25) is 0 Å². The van der Waals surface area contributed by atoms with Crippen LogP contribution >= 0.6 is 0 Å². The van der Waals surface area contributed by atoms with Gasteiger partial charge in [-0.25, -0.2) is 0 Å². The van der Waals surface area contributed by atoms with Crippen LogP contribution < -0.4 is 5.32 Å². The molecule has 30 heavy (non-hydrogen) atoms. The third kappa shape index (κ3) is 5.39. The van der Waals surface area contributed by atoms with Gasteiger partial charge in [-0.05, 0) is 68.9 Å². The summed E-state index contributed by atoms with van der Waals surface area (Å²) < 4.78 is 6.26. The Balaban J connectivity index is 1.20. The van der Waals surface area contributed by atoms with Crippen LogP contribution in [0.5, 0.6) is 0 Å². The molecule has 2 aliphatic heterocycles. The molecule has 2 saturated heterocycles. The third-order valence-corrected chi connectivity index (χ3v) is 7.34. The van der Waals surface area contributed by atoms with E-state index in [1.165, 1.54) is 25.7 Å². The number of hydrogen-bond donors (Lipinski definition) is 1. The lowest BCUT2D eigenvalue weighted by Crippen LogP contribution is -2.51. The zero-order valence-electron chi connectivity index (χ0n) is 18.0. The van der Waals surface area contributed by atoms with Gasteiger partial charge in [-0.3, -0.25) is 14.6 Å². The first-order chi connectivity index (χ1) is 14.6. The second-order valence-electron chi connectivity index (χ2n) is 9.41. The minimum absolute atomic E-state index is 0.0340. The SMILES string of the molecule is O=C(NCCC1CCOC2(CCN(C(=O)CC3CCCC3)CC2)C1)c1ccncc1. The molecule has 0 radical (unpaired) electrons. The maximum absolute atomic E-state index is 12.7. The highest BCUT2D eigenvalue weighted by Gasteiger charge is 2.41. The molecule has 1 saturated carbocycles. The van der Waals surface area contributed by atoms with Crippen LogP contribution in [0.25, 0.3) is 0 Å². The summed E-state index contributed by atoms with van der Waals surface area (Å²) in [4.78, 5) is 30.9. The summed E-state index contributed by atoms with van der Waals surface area (Å²) in [5.74, 6) is 1.50. The first kappa shape index (κ1) is 21.3. The minimum Gasteiger partial charge on any atom is -0.375 e. The van der Waals surface area contributed by atoms with Gasteiger partial charge in [0.2, 0.25) is 5.91 Å². The molecule has 1 aromatic heterocycles. The fraction of sp³-hybridized carbons (Fsp3) is 0.708. The van der Waals surface area contributed by atoms with Crippen molar-refractivity contribution < 1.29 is 14.3 Å². The monoisotopic (exact) mass is 413 g/mol. The highest BCUT2D eigenvalue weighted by Crippen LogP contribution is 2.39. The van der Waals surface area contributed by atoms with Crippen LogP contribution in [0.3, 0.4) is 0 Å². The second-order valence-corrected chi connectivity index (χ2v) is 9.41. The maximum atomic E-state index is 12.7. The number of nitrogens with zero attached hydrogens (tertiary/aromatic N) is 2. The van der Waals surface area contributed by atoms with Crippen LogP contribution in [-0.4, -0.2) is 53.5 Å². The minimum atomic E-state index is -0.0673. The number of piperidine rings is 1. The van der Waals surface area contributed by atoms with Crippen molar-refractivity contribution >= 4 is 11.8 Å². The fourth-order valence-corrected chi connectivity index (χ4v) is 5.47. The van der Waals surface area contributed by atoms with Gasteiger partial charge in [0.1, 0.15) is 0 Å². The van der Waals surface area contributed by atoms with Crippen molar-refractivity contribution in [2.24, 2.45) is 11.8 Å². The average molecular weight is 414 g/mol. The Labute approximate surface area is 179 Å². The molecule has 1 aliphatic carbocycles. The summed E-state index contributed by atoms with van der Waals surface area (Å²) in [6.07, 6.45) is 14.0. The largest absolute Gasteiger partial charge is 0.375 e. The lowest BCUT2D eigenvalue weighted by Gasteiger charge is -2.46. The molecular formula is C24H35N3O3. The molecule has 6 heteroatoms. The van der Waals surface area contributed by atoms with E-state index < -0.39 is 0 Å². The zero-order valence-corrected chi connectivity index (χ0v) is 18.0. The van der Waals surface area contributed by atoms with Crippen LogP contribution in [0.4, 0.5) is 0 Å². The Morgan fingerprint density at radius 2 is 1.83 bits per heavy atom. The summed E-state index contributed by atoms with van der Waals surface area (Å²) in [7, 11) is 0. The van der Waals surface area contributed by atoms with Crippen LogP contribution in [0.15, 0.2) is 24.5 Å². The van der Waals surface area contributed by atoms with Crippen molar-refractivity contribution in [3.63, 3.8) is 0 Å². The van der Waals surface area contributed by atoms with E-state index in [-0.39, 0.29) is 11.5 Å². The predicted octanol–water partition coefficient (Wildman–Crippen LogP) is 3.57. The lowest BCUT2D eigenvalue weighted by atomic mass is 9.78. The summed E-state index contributed by atoms with van der Waals surface area (Å²) in [6, 6.07) is 3.47. The molecule has 3 heterocycles. The number of amides is 2. The van der Waals surface area contributed by atoms with Gasteiger partial charge in [0.15, 0.2) is 0 Å². The van der Waals surface area contributed by atoms with Gasteiger partial charge in [-0.2, -0.15) is 0 Å². The van der Waals surface area contributed by atoms with Gasteiger partial charge < -0.3 is 15.0 Å². The van der Waals surface area contributed by atoms with E-state index in [2.05, 4.69) is 15.2 Å². The number of aromatic nitrogens is 1. The highest BCUT2D eigenvalue weighted by molar-refractivity contribution is 5.93. The standard InChI is InChI=1S/C24H35N3O3/c28-22(17-19-3-1-2-4-19)27-14-9-24(10-15-27)18-20(8-16-30-24)5-13-26-23(29)21-6-11-25-12-7-21/h6-7,11-12,19-20H,1-5,8-10,13-18H2,(H,26,29). The van der Waals surface area contributed by atoms with Crippen molar-refractivity contribution in [1.29, 1.82) is 0 Å². The molecule has 1 aromatic rings. The maximum Gasteiger partial charge on any atom is 0.251 e. The van der Waals surface area contributed by atoms with Gasteiger partial charge >= 0.3 is 0 Å². The topological polar surface area (TPSA) is 71.5 Å². The van der Waals surface area contributed by atoms with Gasteiger partial charge in [0.05, 0.1) is 5.60 Å². The summed E-state index contributed by atoms with van der Waals surface area (Å²) in [5, 5.41) is 3.03. The first-order valence-electron chi connectivity index (χ1n) is 11.7. The lowest BCUT2D eigenvalue weighted by molar-refractivity contribution is -0.148. The summed E-state index contributed by atoms with van der Waals surface area (Å²) >= 11 is 0. The number of rotatable bonds is 6. The molecule has 1 unspecified atom stereocenters. The van der Waals surface area contributed by atoms with E-state index in [9.17, 15) is 9.59 Å². The molecule has 4 rings (SSSR count). The highest BCUT2D eigenvalue weighted by atomic mass is 16.5. The number of carbonyl (C=O) groups excluding carboxylic acids is 2. The summed E-state index contributed by atoms with van der Waals surface area (Å²) in [6.45, 7) is 3.14. The molecule has 164 valence electrons. The van der Waals surface area contributed by atoms with E-state index in [1.807, 2.05) is 0 Å². The number of nitrogens with one attached hydrogen (secondary N) is 1. The first-order valence-corrected chi connectivity index (χ1v) is 11.7. The van der Waals surface area contributed by atoms with E-state index in [1.54, 1.807) is 24.5 Å². The summed E-state index contributed by atoms with van der Waals surface area (Å²) in [5.41, 5.74) is 0.588. The number of pyridine rings is 1. The molecule has 1 spiro atoms.